The van der Waals surface area contributed by atoms with E-state index in [0.717, 1.165) is 30.8 Å². The highest BCUT2D eigenvalue weighted by atomic mass is 16.5. The molecule has 12 nitrogen and oxygen atoms in total. The van der Waals surface area contributed by atoms with Crippen molar-refractivity contribution in [2.45, 2.75) is 64.6 Å². The van der Waals surface area contributed by atoms with Crippen molar-refractivity contribution in [3.63, 3.8) is 0 Å². The van der Waals surface area contributed by atoms with Crippen LogP contribution < -0.4 is 10.1 Å². The molecule has 3 aromatic heterocycles. The van der Waals surface area contributed by atoms with E-state index in [9.17, 15) is 9.90 Å². The maximum absolute atomic E-state index is 11.3. The molecular formula is C22H29N9O3. The molecule has 0 bridgehead atoms. The third-order valence-corrected chi connectivity index (χ3v) is 6.48. The Morgan fingerprint density at radius 3 is 2.82 bits per heavy atom. The second-order valence-electron chi connectivity index (χ2n) is 9.19. The summed E-state index contributed by atoms with van der Waals surface area (Å²) in [7, 11) is 1.83. The number of tetrazole rings is 1. The zero-order valence-corrected chi connectivity index (χ0v) is 19.4. The summed E-state index contributed by atoms with van der Waals surface area (Å²) in [6.45, 7) is 3.11. The molecule has 34 heavy (non-hydrogen) atoms. The predicted molar refractivity (Wildman–Crippen MR) is 121 cm³/mol. The van der Waals surface area contributed by atoms with E-state index in [-0.39, 0.29) is 12.0 Å². The van der Waals surface area contributed by atoms with E-state index in [4.69, 9.17) is 9.72 Å². The first kappa shape index (κ1) is 22.2. The number of nitrogens with one attached hydrogen (secondary N) is 1. The second kappa shape index (κ2) is 9.35. The van der Waals surface area contributed by atoms with Crippen molar-refractivity contribution >= 4 is 11.9 Å². The van der Waals surface area contributed by atoms with Gasteiger partial charge in [-0.25, -0.2) is 9.67 Å². The molecule has 2 aliphatic rings. The Balaban J connectivity index is 1.26. The summed E-state index contributed by atoms with van der Waals surface area (Å²) in [6.07, 6.45) is 5.28. The summed E-state index contributed by atoms with van der Waals surface area (Å²) >= 11 is 0. The van der Waals surface area contributed by atoms with Crippen LogP contribution in [-0.2, 0) is 24.9 Å². The molecule has 0 aromatic carbocycles. The van der Waals surface area contributed by atoms with Crippen LogP contribution >= 0.6 is 0 Å². The molecule has 5 rings (SSSR count). The minimum atomic E-state index is -0.747. The van der Waals surface area contributed by atoms with Gasteiger partial charge in [-0.2, -0.15) is 4.80 Å². The molecule has 0 saturated heterocycles. The van der Waals surface area contributed by atoms with Crippen molar-refractivity contribution < 1.29 is 14.6 Å². The Kier molecular flexibility index (Phi) is 6.12. The molecule has 0 amide bonds. The fourth-order valence-corrected chi connectivity index (χ4v) is 4.32. The number of aromatic nitrogens is 8. The van der Waals surface area contributed by atoms with Crippen molar-refractivity contribution in [3.8, 4) is 17.1 Å². The number of carbonyl (C=O) groups is 1. The van der Waals surface area contributed by atoms with E-state index in [1.165, 1.54) is 12.8 Å². The molecule has 2 aliphatic carbocycles. The van der Waals surface area contributed by atoms with Gasteiger partial charge >= 0.3 is 5.97 Å². The topological polar surface area (TPSA) is 146 Å². The van der Waals surface area contributed by atoms with Crippen molar-refractivity contribution in [1.29, 1.82) is 0 Å². The lowest BCUT2D eigenvalue weighted by atomic mass is 9.87. The van der Waals surface area contributed by atoms with Gasteiger partial charge in [0.25, 0.3) is 5.95 Å². The zero-order chi connectivity index (χ0) is 23.7. The van der Waals surface area contributed by atoms with E-state index in [1.807, 2.05) is 26.1 Å². The Morgan fingerprint density at radius 2 is 2.06 bits per heavy atom. The standard InChI is InChI=1S/C22H29N9O3/c1-13-19(34-16-5-3-4-15(10-16)21(32)33)9-8-17(24-13)20-18(30(2)28-25-20)11-23-22-26-29-31(27-22)12-14-6-7-14/h8-9,14-16H,3-7,10-12H2,1-2H3,(H,23,27)(H,32,33)/t15-,16-/m0/s1. The molecule has 0 aliphatic heterocycles. The lowest BCUT2D eigenvalue weighted by molar-refractivity contribution is -0.143. The summed E-state index contributed by atoms with van der Waals surface area (Å²) in [5.74, 6) is 0.717. The summed E-state index contributed by atoms with van der Waals surface area (Å²) in [4.78, 5) is 17.7. The number of anilines is 1. The van der Waals surface area contributed by atoms with E-state index < -0.39 is 5.97 Å². The smallest absolute Gasteiger partial charge is 0.306 e. The van der Waals surface area contributed by atoms with Gasteiger partial charge in [0.2, 0.25) is 0 Å². The van der Waals surface area contributed by atoms with Gasteiger partial charge in [0.1, 0.15) is 11.4 Å². The molecule has 180 valence electrons. The molecule has 3 aromatic rings. The summed E-state index contributed by atoms with van der Waals surface area (Å²) in [6, 6.07) is 3.73. The number of hydrogen-bond donors (Lipinski definition) is 2. The number of hydrogen-bond acceptors (Lipinski definition) is 9. The van der Waals surface area contributed by atoms with Gasteiger partial charge in [0.05, 0.1) is 42.2 Å². The normalized spacial score (nSPS) is 20.3. The van der Waals surface area contributed by atoms with Crippen LogP contribution in [0.5, 0.6) is 5.75 Å². The molecule has 2 N–H and O–H groups in total. The van der Waals surface area contributed by atoms with Crippen molar-refractivity contribution in [1.82, 2.24) is 40.2 Å². The van der Waals surface area contributed by atoms with Crippen LogP contribution in [-0.4, -0.2) is 57.4 Å². The number of rotatable bonds is 9. The van der Waals surface area contributed by atoms with Crippen molar-refractivity contribution in [2.75, 3.05) is 5.32 Å². The third-order valence-electron chi connectivity index (χ3n) is 6.48. The number of nitrogens with zero attached hydrogens (tertiary/aromatic N) is 8. The number of aliphatic carboxylic acids is 1. The maximum Gasteiger partial charge on any atom is 0.306 e. The van der Waals surface area contributed by atoms with Crippen molar-refractivity contribution in [2.24, 2.45) is 18.9 Å². The number of pyridine rings is 1. The minimum Gasteiger partial charge on any atom is -0.489 e. The van der Waals surface area contributed by atoms with E-state index >= 15 is 0 Å². The van der Waals surface area contributed by atoms with Gasteiger partial charge in [0.15, 0.2) is 0 Å². The minimum absolute atomic E-state index is 0.113. The average Bonchev–Trinajstić information content (AvgIpc) is 3.40. The lowest BCUT2D eigenvalue weighted by Gasteiger charge is -2.27. The van der Waals surface area contributed by atoms with Gasteiger partial charge in [0, 0.05) is 7.05 Å². The molecule has 2 saturated carbocycles. The quantitative estimate of drug-likeness (QED) is 0.480. The number of ether oxygens (including phenoxy) is 1. The number of carboxylic acid groups (broad SMARTS) is 1. The molecule has 12 heteroatoms. The van der Waals surface area contributed by atoms with Crippen LogP contribution in [0.3, 0.4) is 0 Å². The van der Waals surface area contributed by atoms with Crippen LogP contribution in [0.1, 0.15) is 49.9 Å². The Morgan fingerprint density at radius 1 is 1.21 bits per heavy atom. The molecule has 0 spiro atoms. The molecule has 0 radical (unpaired) electrons. The number of aryl methyl sites for hydroxylation is 2. The van der Waals surface area contributed by atoms with Crippen LogP contribution in [0.2, 0.25) is 0 Å². The summed E-state index contributed by atoms with van der Waals surface area (Å²) in [5.41, 5.74) is 2.92. The van der Waals surface area contributed by atoms with E-state index in [0.29, 0.717) is 48.4 Å². The first-order chi connectivity index (χ1) is 16.5. The maximum atomic E-state index is 11.3. The van der Waals surface area contributed by atoms with Crippen LogP contribution in [0.15, 0.2) is 12.1 Å². The fourth-order valence-electron chi connectivity index (χ4n) is 4.32. The molecular weight excluding hydrogens is 438 g/mol. The van der Waals surface area contributed by atoms with Gasteiger partial charge in [-0.05, 0) is 68.7 Å². The van der Waals surface area contributed by atoms with Gasteiger partial charge < -0.3 is 15.2 Å². The molecule has 3 heterocycles. The fraction of sp³-hybridized carbons (Fsp3) is 0.591. The monoisotopic (exact) mass is 467 g/mol. The first-order valence-corrected chi connectivity index (χ1v) is 11.7. The van der Waals surface area contributed by atoms with Crippen LogP contribution in [0, 0.1) is 18.8 Å². The summed E-state index contributed by atoms with van der Waals surface area (Å²) in [5, 5.41) is 33.6. The molecule has 2 atom stereocenters. The zero-order valence-electron chi connectivity index (χ0n) is 19.4. The Labute approximate surface area is 196 Å². The second-order valence-corrected chi connectivity index (χ2v) is 9.19. The van der Waals surface area contributed by atoms with Crippen molar-refractivity contribution in [3.05, 3.63) is 23.5 Å². The SMILES string of the molecule is Cc1nc(-c2nnn(C)c2CNc2nnn(CC3CC3)n2)ccc1O[C@H]1CCC[C@H](C(=O)O)C1. The van der Waals surface area contributed by atoms with Gasteiger partial charge in [-0.1, -0.05) is 10.3 Å². The first-order valence-electron chi connectivity index (χ1n) is 11.7. The largest absolute Gasteiger partial charge is 0.489 e. The van der Waals surface area contributed by atoms with Crippen LogP contribution in [0.4, 0.5) is 5.95 Å². The average molecular weight is 468 g/mol. The molecule has 2 fully saturated rings. The molecule has 0 unspecified atom stereocenters. The summed E-state index contributed by atoms with van der Waals surface area (Å²) < 4.78 is 7.83. The van der Waals surface area contributed by atoms with E-state index in [1.54, 1.807) is 9.48 Å². The van der Waals surface area contributed by atoms with Gasteiger partial charge in [-0.3, -0.25) is 4.79 Å². The Bertz CT molecular complexity index is 1170. The van der Waals surface area contributed by atoms with E-state index in [2.05, 4.69) is 31.0 Å². The van der Waals surface area contributed by atoms with Crippen LogP contribution in [0.25, 0.3) is 11.4 Å². The highest BCUT2D eigenvalue weighted by molar-refractivity contribution is 5.70. The Hall–Kier alpha value is -3.57. The highest BCUT2D eigenvalue weighted by Gasteiger charge is 2.28. The predicted octanol–water partition coefficient (Wildman–Crippen LogP) is 2.22. The third kappa shape index (κ3) is 5.00. The highest BCUT2D eigenvalue weighted by Crippen LogP contribution is 2.31. The lowest BCUT2D eigenvalue weighted by Crippen LogP contribution is -2.29. The van der Waals surface area contributed by atoms with Gasteiger partial charge in [-0.15, -0.1) is 10.2 Å². The number of carboxylic acids is 1.